The van der Waals surface area contributed by atoms with E-state index in [9.17, 15) is 14.4 Å². The molecule has 0 saturated heterocycles. The molecule has 0 aliphatic rings. The van der Waals surface area contributed by atoms with Crippen molar-refractivity contribution >= 4 is 18.0 Å². The van der Waals surface area contributed by atoms with Crippen LogP contribution in [0.2, 0.25) is 0 Å². The molecule has 2 aromatic rings. The summed E-state index contributed by atoms with van der Waals surface area (Å²) in [6.07, 6.45) is -0.521. The van der Waals surface area contributed by atoms with Gasteiger partial charge >= 0.3 is 12.1 Å². The van der Waals surface area contributed by atoms with E-state index in [4.69, 9.17) is 14.2 Å². The predicted octanol–water partition coefficient (Wildman–Crippen LogP) is 3.00. The molecule has 0 aromatic heterocycles. The number of carbonyl (C=O) groups is 3. The Hall–Kier alpha value is -3.39. The van der Waals surface area contributed by atoms with Crippen LogP contribution in [0, 0.1) is 0 Å². The first-order valence-corrected chi connectivity index (χ1v) is 10.7. The van der Waals surface area contributed by atoms with Gasteiger partial charge in [0.1, 0.15) is 17.7 Å². The summed E-state index contributed by atoms with van der Waals surface area (Å²) in [7, 11) is 1.26. The second-order valence-electron chi connectivity index (χ2n) is 8.47. The molecule has 2 N–H and O–H groups in total. The number of rotatable bonds is 10. The molecule has 0 unspecified atom stereocenters. The lowest BCUT2D eigenvalue weighted by Crippen LogP contribution is -2.54. The van der Waals surface area contributed by atoms with Crippen molar-refractivity contribution in [2.45, 2.75) is 51.5 Å². The summed E-state index contributed by atoms with van der Waals surface area (Å²) < 4.78 is 15.8. The number of benzene rings is 2. The molecule has 2 rings (SSSR count). The first-order valence-electron chi connectivity index (χ1n) is 10.7. The highest BCUT2D eigenvalue weighted by atomic mass is 16.6. The average Bonchev–Trinajstić information content (AvgIpc) is 2.77. The van der Waals surface area contributed by atoms with E-state index in [1.165, 1.54) is 7.11 Å². The van der Waals surface area contributed by atoms with Crippen molar-refractivity contribution in [2.24, 2.45) is 0 Å². The SMILES string of the molecule is COC(=O)[C@H](Cc1ccccc1)NC(=O)[C@H](COCc1ccccc1)NC(=O)OC(C)(C)C. The monoisotopic (exact) mass is 456 g/mol. The minimum atomic E-state index is -1.08. The van der Waals surface area contributed by atoms with E-state index in [1.54, 1.807) is 20.8 Å². The molecule has 178 valence electrons. The fraction of sp³-hybridized carbons (Fsp3) is 0.400. The highest BCUT2D eigenvalue weighted by molar-refractivity contribution is 5.90. The number of hydrogen-bond acceptors (Lipinski definition) is 6. The van der Waals surface area contributed by atoms with Crippen molar-refractivity contribution in [2.75, 3.05) is 13.7 Å². The van der Waals surface area contributed by atoms with Gasteiger partial charge in [0.25, 0.3) is 0 Å². The molecule has 8 heteroatoms. The summed E-state index contributed by atoms with van der Waals surface area (Å²) in [5.74, 6) is -1.17. The van der Waals surface area contributed by atoms with Crippen molar-refractivity contribution in [3.8, 4) is 0 Å². The highest BCUT2D eigenvalue weighted by Crippen LogP contribution is 2.09. The third kappa shape index (κ3) is 9.74. The van der Waals surface area contributed by atoms with Crippen LogP contribution in [0.3, 0.4) is 0 Å². The number of nitrogens with one attached hydrogen (secondary N) is 2. The molecular formula is C25H32N2O6. The van der Waals surface area contributed by atoms with E-state index in [0.29, 0.717) is 0 Å². The zero-order chi connectivity index (χ0) is 24.3. The van der Waals surface area contributed by atoms with Gasteiger partial charge < -0.3 is 24.8 Å². The standard InChI is InChI=1S/C25H32N2O6/c1-25(2,3)33-24(30)27-21(17-32-16-19-13-9-6-10-14-19)22(28)26-20(23(29)31-4)15-18-11-7-5-8-12-18/h5-14,20-21H,15-17H2,1-4H3,(H,26,28)(H,27,30)/t20-,21-/m0/s1. The summed E-state index contributed by atoms with van der Waals surface area (Å²) >= 11 is 0. The van der Waals surface area contributed by atoms with Crippen LogP contribution in [0.4, 0.5) is 4.79 Å². The van der Waals surface area contributed by atoms with Gasteiger partial charge in [0.05, 0.1) is 20.3 Å². The fourth-order valence-corrected chi connectivity index (χ4v) is 2.96. The van der Waals surface area contributed by atoms with Crippen molar-refractivity contribution in [3.63, 3.8) is 0 Å². The second kappa shape index (κ2) is 12.6. The smallest absolute Gasteiger partial charge is 0.408 e. The topological polar surface area (TPSA) is 103 Å². The van der Waals surface area contributed by atoms with Crippen LogP contribution >= 0.6 is 0 Å². The van der Waals surface area contributed by atoms with Gasteiger partial charge in [0.2, 0.25) is 5.91 Å². The summed E-state index contributed by atoms with van der Waals surface area (Å²) in [5, 5.41) is 5.20. The lowest BCUT2D eigenvalue weighted by atomic mass is 10.1. The third-order valence-electron chi connectivity index (χ3n) is 4.49. The van der Waals surface area contributed by atoms with Crippen LogP contribution in [0.5, 0.6) is 0 Å². The van der Waals surface area contributed by atoms with Crippen molar-refractivity contribution < 1.29 is 28.6 Å². The molecule has 0 saturated carbocycles. The van der Waals surface area contributed by atoms with Crippen LogP contribution in [0.15, 0.2) is 60.7 Å². The molecule has 2 amide bonds. The van der Waals surface area contributed by atoms with Crippen molar-refractivity contribution in [1.82, 2.24) is 10.6 Å². The van der Waals surface area contributed by atoms with Crippen molar-refractivity contribution in [3.05, 3.63) is 71.8 Å². The molecule has 0 fully saturated rings. The molecule has 33 heavy (non-hydrogen) atoms. The maximum atomic E-state index is 13.0. The Kier molecular flexibility index (Phi) is 9.87. The second-order valence-corrected chi connectivity index (χ2v) is 8.47. The summed E-state index contributed by atoms with van der Waals surface area (Å²) in [6.45, 7) is 5.31. The highest BCUT2D eigenvalue weighted by Gasteiger charge is 2.29. The molecule has 0 spiro atoms. The molecule has 2 aromatic carbocycles. The van der Waals surface area contributed by atoms with E-state index in [2.05, 4.69) is 10.6 Å². The zero-order valence-electron chi connectivity index (χ0n) is 19.5. The van der Waals surface area contributed by atoms with Gasteiger partial charge in [-0.2, -0.15) is 0 Å². The van der Waals surface area contributed by atoms with E-state index in [1.807, 2.05) is 60.7 Å². The Morgan fingerprint density at radius 3 is 1.97 bits per heavy atom. The van der Waals surface area contributed by atoms with Crippen LogP contribution < -0.4 is 10.6 Å². The predicted molar refractivity (Wildman–Crippen MR) is 123 cm³/mol. The van der Waals surface area contributed by atoms with E-state index in [0.717, 1.165) is 11.1 Å². The van der Waals surface area contributed by atoms with Crippen LogP contribution in [-0.2, 0) is 36.8 Å². The lowest BCUT2D eigenvalue weighted by molar-refractivity contribution is -0.145. The van der Waals surface area contributed by atoms with E-state index in [-0.39, 0.29) is 19.6 Å². The maximum absolute atomic E-state index is 13.0. The molecule has 0 bridgehead atoms. The van der Waals surface area contributed by atoms with Gasteiger partial charge in [0.15, 0.2) is 0 Å². The van der Waals surface area contributed by atoms with E-state index >= 15 is 0 Å². The number of hydrogen-bond donors (Lipinski definition) is 2. The number of ether oxygens (including phenoxy) is 3. The first kappa shape index (κ1) is 25.9. The molecule has 8 nitrogen and oxygen atoms in total. The number of esters is 1. The molecule has 0 aliphatic carbocycles. The molecular weight excluding hydrogens is 424 g/mol. The largest absolute Gasteiger partial charge is 0.467 e. The van der Waals surface area contributed by atoms with Gasteiger partial charge in [-0.3, -0.25) is 4.79 Å². The number of alkyl carbamates (subject to hydrolysis) is 1. The van der Waals surface area contributed by atoms with Crippen molar-refractivity contribution in [1.29, 1.82) is 0 Å². The Balaban J connectivity index is 2.09. The Morgan fingerprint density at radius 2 is 1.42 bits per heavy atom. The van der Waals surface area contributed by atoms with E-state index < -0.39 is 35.7 Å². The minimum absolute atomic E-state index is 0.112. The van der Waals surface area contributed by atoms with Crippen LogP contribution in [0.1, 0.15) is 31.9 Å². The average molecular weight is 457 g/mol. The number of amides is 2. The third-order valence-corrected chi connectivity index (χ3v) is 4.49. The fourth-order valence-electron chi connectivity index (χ4n) is 2.96. The summed E-state index contributed by atoms with van der Waals surface area (Å²) in [5.41, 5.74) is 1.04. The molecule has 0 radical (unpaired) electrons. The van der Waals surface area contributed by atoms with Crippen LogP contribution in [0.25, 0.3) is 0 Å². The van der Waals surface area contributed by atoms with Gasteiger partial charge in [0, 0.05) is 6.42 Å². The molecule has 0 aliphatic heterocycles. The number of carbonyl (C=O) groups excluding carboxylic acids is 3. The van der Waals surface area contributed by atoms with Gasteiger partial charge in [-0.05, 0) is 31.9 Å². The van der Waals surface area contributed by atoms with Gasteiger partial charge in [-0.25, -0.2) is 9.59 Å². The Bertz CT molecular complexity index is 896. The zero-order valence-corrected chi connectivity index (χ0v) is 19.5. The quantitative estimate of drug-likeness (QED) is 0.533. The molecule has 2 atom stereocenters. The minimum Gasteiger partial charge on any atom is -0.467 e. The Morgan fingerprint density at radius 1 is 0.848 bits per heavy atom. The Labute approximate surface area is 194 Å². The first-order chi connectivity index (χ1) is 15.7. The number of methoxy groups -OCH3 is 1. The van der Waals surface area contributed by atoms with Gasteiger partial charge in [-0.1, -0.05) is 60.7 Å². The van der Waals surface area contributed by atoms with Crippen LogP contribution in [-0.4, -0.2) is 49.4 Å². The summed E-state index contributed by atoms with van der Waals surface area (Å²) in [4.78, 5) is 37.7. The molecule has 0 heterocycles. The normalized spacial score (nSPS) is 12.8. The maximum Gasteiger partial charge on any atom is 0.408 e. The van der Waals surface area contributed by atoms with Gasteiger partial charge in [-0.15, -0.1) is 0 Å². The lowest BCUT2D eigenvalue weighted by Gasteiger charge is -2.25. The summed E-state index contributed by atoms with van der Waals surface area (Å²) in [6, 6.07) is 16.7.